The van der Waals surface area contributed by atoms with Crippen LogP contribution in [-0.2, 0) is 11.3 Å². The second kappa shape index (κ2) is 8.65. The van der Waals surface area contributed by atoms with Crippen LogP contribution in [0.3, 0.4) is 0 Å². The summed E-state index contributed by atoms with van der Waals surface area (Å²) < 4.78 is 6.12. The molecule has 1 N–H and O–H groups in total. The van der Waals surface area contributed by atoms with Gasteiger partial charge in [0.05, 0.1) is 29.0 Å². The molecule has 1 amide bonds. The molecule has 4 rings (SSSR count). The van der Waals surface area contributed by atoms with E-state index in [0.717, 1.165) is 35.2 Å². The van der Waals surface area contributed by atoms with Gasteiger partial charge >= 0.3 is 0 Å². The van der Waals surface area contributed by atoms with E-state index in [4.69, 9.17) is 4.74 Å². The molecule has 0 aliphatic heterocycles. The smallest absolute Gasteiger partial charge is 0.244 e. The number of fused-ring (bicyclic) bond motifs is 1. The minimum atomic E-state index is -0.175. The Labute approximate surface area is 164 Å². The van der Waals surface area contributed by atoms with Gasteiger partial charge in [-0.15, -0.1) is 0 Å². The van der Waals surface area contributed by atoms with Crippen LogP contribution in [0.4, 0.5) is 0 Å². The molecule has 1 fully saturated rings. The Balaban J connectivity index is 1.36. The predicted molar refractivity (Wildman–Crippen MR) is 110 cm³/mol. The quantitative estimate of drug-likeness (QED) is 0.655. The lowest BCUT2D eigenvalue weighted by Gasteiger charge is -2.16. The maximum absolute atomic E-state index is 12.2. The molecular weight excluding hydrogens is 350 g/mol. The molecule has 2 aromatic carbocycles. The fourth-order valence-electron chi connectivity index (χ4n) is 3.40. The first-order valence-corrected chi connectivity index (χ1v) is 9.70. The van der Waals surface area contributed by atoms with E-state index in [1.165, 1.54) is 18.9 Å². The van der Waals surface area contributed by atoms with Crippen LogP contribution >= 0.6 is 0 Å². The molecule has 0 bridgehead atoms. The summed E-state index contributed by atoms with van der Waals surface area (Å²) in [5.74, 6) is 0.685. The number of para-hydroxylation sites is 3. The van der Waals surface area contributed by atoms with Crippen molar-refractivity contribution in [2.24, 2.45) is 0 Å². The van der Waals surface area contributed by atoms with Gasteiger partial charge in [-0.25, -0.2) is 4.98 Å². The lowest BCUT2D eigenvalue weighted by atomic mass is 10.2. The monoisotopic (exact) mass is 373 g/mol. The van der Waals surface area contributed by atoms with Crippen molar-refractivity contribution >= 4 is 23.0 Å². The number of rotatable bonds is 6. The van der Waals surface area contributed by atoms with Crippen LogP contribution in [0.5, 0.6) is 5.75 Å². The van der Waals surface area contributed by atoms with Crippen molar-refractivity contribution in [2.45, 2.75) is 38.3 Å². The van der Waals surface area contributed by atoms with Crippen molar-refractivity contribution in [3.05, 3.63) is 72.1 Å². The van der Waals surface area contributed by atoms with E-state index < -0.39 is 0 Å². The van der Waals surface area contributed by atoms with Gasteiger partial charge in [-0.1, -0.05) is 30.3 Å². The Hall–Kier alpha value is -3.21. The third kappa shape index (κ3) is 4.55. The van der Waals surface area contributed by atoms with Crippen LogP contribution < -0.4 is 10.1 Å². The van der Waals surface area contributed by atoms with Crippen LogP contribution in [0.1, 0.15) is 36.9 Å². The lowest BCUT2D eigenvalue weighted by molar-refractivity contribution is -0.116. The summed E-state index contributed by atoms with van der Waals surface area (Å²) in [5.41, 5.74) is 3.28. The van der Waals surface area contributed by atoms with E-state index in [0.29, 0.717) is 18.3 Å². The number of nitrogens with zero attached hydrogens (tertiary/aromatic N) is 2. The molecule has 3 aromatic rings. The predicted octanol–water partition coefficient (Wildman–Crippen LogP) is 4.28. The summed E-state index contributed by atoms with van der Waals surface area (Å²) in [6.45, 7) is 0.426. The topological polar surface area (TPSA) is 64.1 Å². The first-order chi connectivity index (χ1) is 13.8. The van der Waals surface area contributed by atoms with Gasteiger partial charge < -0.3 is 10.1 Å². The molecule has 1 heterocycles. The Morgan fingerprint density at radius 3 is 2.68 bits per heavy atom. The van der Waals surface area contributed by atoms with Gasteiger partial charge in [0.15, 0.2) is 0 Å². The number of carbonyl (C=O) groups excluding carboxylic acids is 1. The maximum atomic E-state index is 12.2. The van der Waals surface area contributed by atoms with E-state index in [9.17, 15) is 4.79 Å². The molecule has 1 aliphatic carbocycles. The summed E-state index contributed by atoms with van der Waals surface area (Å²) in [4.78, 5) is 21.1. The number of aromatic nitrogens is 2. The van der Waals surface area contributed by atoms with Crippen molar-refractivity contribution in [3.8, 4) is 5.75 Å². The van der Waals surface area contributed by atoms with Crippen molar-refractivity contribution in [1.82, 2.24) is 15.3 Å². The number of amides is 1. The highest BCUT2D eigenvalue weighted by Crippen LogP contribution is 2.26. The second-order valence-electron chi connectivity index (χ2n) is 6.97. The zero-order chi connectivity index (χ0) is 19.2. The lowest BCUT2D eigenvalue weighted by Crippen LogP contribution is -2.21. The standard InChI is InChI=1S/C23H23N3O2/c27-23(14-13-18-16-24-20-10-4-5-11-21(20)26-18)25-15-17-7-1-6-12-22(17)28-19-8-2-3-9-19/h1,4-7,10-14,16,19H,2-3,8-9,15H2,(H,25,27). The Kier molecular flexibility index (Phi) is 5.61. The molecule has 0 radical (unpaired) electrons. The average molecular weight is 373 g/mol. The molecule has 5 heteroatoms. The number of ether oxygens (including phenoxy) is 1. The van der Waals surface area contributed by atoms with Crippen LogP contribution in [0, 0.1) is 0 Å². The SMILES string of the molecule is O=C(C=Cc1cnc2ccccc2n1)NCc1ccccc1OC1CCCC1. The summed E-state index contributed by atoms with van der Waals surface area (Å²) in [5, 5.41) is 2.92. The normalized spacial score (nSPS) is 14.6. The van der Waals surface area contributed by atoms with Gasteiger partial charge in [-0.3, -0.25) is 9.78 Å². The van der Waals surface area contributed by atoms with Gasteiger partial charge in [0.1, 0.15) is 5.75 Å². The molecule has 1 aliphatic rings. The van der Waals surface area contributed by atoms with Crippen molar-refractivity contribution in [2.75, 3.05) is 0 Å². The van der Waals surface area contributed by atoms with Crippen LogP contribution in [0.15, 0.2) is 60.8 Å². The first kappa shape index (κ1) is 18.2. The minimum absolute atomic E-state index is 0.175. The summed E-state index contributed by atoms with van der Waals surface area (Å²) in [7, 11) is 0. The second-order valence-corrected chi connectivity index (χ2v) is 6.97. The molecule has 0 unspecified atom stereocenters. The van der Waals surface area contributed by atoms with Gasteiger partial charge in [0, 0.05) is 18.2 Å². The van der Waals surface area contributed by atoms with Crippen molar-refractivity contribution in [1.29, 1.82) is 0 Å². The molecule has 0 atom stereocenters. The number of nitrogens with one attached hydrogen (secondary N) is 1. The Morgan fingerprint density at radius 2 is 1.82 bits per heavy atom. The minimum Gasteiger partial charge on any atom is -0.490 e. The summed E-state index contributed by atoms with van der Waals surface area (Å²) in [6.07, 6.45) is 9.79. The van der Waals surface area contributed by atoms with Gasteiger partial charge in [0.25, 0.3) is 0 Å². The molecule has 1 saturated carbocycles. The molecule has 0 spiro atoms. The van der Waals surface area contributed by atoms with Gasteiger partial charge in [-0.05, 0) is 50.0 Å². The average Bonchev–Trinajstić information content (AvgIpc) is 3.24. The molecule has 1 aromatic heterocycles. The van der Waals surface area contributed by atoms with Crippen molar-refractivity contribution < 1.29 is 9.53 Å². The Bertz CT molecular complexity index is 994. The third-order valence-corrected chi connectivity index (χ3v) is 4.89. The van der Waals surface area contributed by atoms with E-state index in [2.05, 4.69) is 15.3 Å². The first-order valence-electron chi connectivity index (χ1n) is 9.70. The summed E-state index contributed by atoms with van der Waals surface area (Å²) in [6, 6.07) is 15.5. The Morgan fingerprint density at radius 1 is 1.07 bits per heavy atom. The molecule has 28 heavy (non-hydrogen) atoms. The number of carbonyl (C=O) groups is 1. The highest BCUT2D eigenvalue weighted by molar-refractivity contribution is 5.91. The molecule has 142 valence electrons. The van der Waals surface area contributed by atoms with Gasteiger partial charge in [0.2, 0.25) is 5.91 Å². The van der Waals surface area contributed by atoms with Gasteiger partial charge in [-0.2, -0.15) is 0 Å². The zero-order valence-electron chi connectivity index (χ0n) is 15.7. The number of hydrogen-bond donors (Lipinski definition) is 1. The van der Waals surface area contributed by atoms with Crippen LogP contribution in [-0.4, -0.2) is 22.0 Å². The van der Waals surface area contributed by atoms with Crippen molar-refractivity contribution in [3.63, 3.8) is 0 Å². The van der Waals surface area contributed by atoms with E-state index in [1.807, 2.05) is 48.5 Å². The highest BCUT2D eigenvalue weighted by atomic mass is 16.5. The largest absolute Gasteiger partial charge is 0.490 e. The molecule has 5 nitrogen and oxygen atoms in total. The maximum Gasteiger partial charge on any atom is 0.244 e. The highest BCUT2D eigenvalue weighted by Gasteiger charge is 2.17. The fourth-order valence-corrected chi connectivity index (χ4v) is 3.40. The zero-order valence-corrected chi connectivity index (χ0v) is 15.7. The molecular formula is C23H23N3O2. The third-order valence-electron chi connectivity index (χ3n) is 4.89. The number of hydrogen-bond acceptors (Lipinski definition) is 4. The van der Waals surface area contributed by atoms with Crippen LogP contribution in [0.25, 0.3) is 17.1 Å². The van der Waals surface area contributed by atoms with Crippen LogP contribution in [0.2, 0.25) is 0 Å². The fraction of sp³-hybridized carbons (Fsp3) is 0.261. The molecule has 0 saturated heterocycles. The summed E-state index contributed by atoms with van der Waals surface area (Å²) >= 11 is 0. The van der Waals surface area contributed by atoms with E-state index in [1.54, 1.807) is 12.3 Å². The van der Waals surface area contributed by atoms with E-state index in [-0.39, 0.29) is 5.91 Å². The number of benzene rings is 2. The van der Waals surface area contributed by atoms with E-state index >= 15 is 0 Å².